The Labute approximate surface area is 118 Å². The van der Waals surface area contributed by atoms with Gasteiger partial charge in [0.15, 0.2) is 0 Å². The van der Waals surface area contributed by atoms with E-state index in [1.807, 2.05) is 6.07 Å². The molecule has 1 aromatic carbocycles. The summed E-state index contributed by atoms with van der Waals surface area (Å²) in [4.78, 5) is 22.2. The molecule has 1 atom stereocenters. The van der Waals surface area contributed by atoms with E-state index in [-0.39, 0.29) is 17.6 Å². The van der Waals surface area contributed by atoms with Crippen LogP contribution in [0, 0.1) is 5.92 Å². The summed E-state index contributed by atoms with van der Waals surface area (Å²) in [6.07, 6.45) is 2.00. The van der Waals surface area contributed by atoms with Crippen molar-refractivity contribution >= 4 is 11.9 Å². The zero-order valence-electron chi connectivity index (χ0n) is 11.6. The Hall–Kier alpha value is -2.04. The molecular formula is C15H21NO4. The van der Waals surface area contributed by atoms with Crippen molar-refractivity contribution in [2.24, 2.45) is 5.92 Å². The maximum atomic E-state index is 11.6. The van der Waals surface area contributed by atoms with E-state index < -0.39 is 5.97 Å². The monoisotopic (exact) mass is 279 g/mol. The predicted octanol–water partition coefficient (Wildman–Crippen LogP) is 1.94. The molecule has 0 aliphatic carbocycles. The number of aromatic hydroxyl groups is 1. The average molecular weight is 279 g/mol. The minimum absolute atomic E-state index is 0.0868. The second-order valence-electron chi connectivity index (χ2n) is 4.86. The number of carboxylic acids is 1. The number of amides is 1. The number of nitrogens with one attached hydrogen (secondary N) is 1. The highest BCUT2D eigenvalue weighted by molar-refractivity contribution is 5.76. The summed E-state index contributed by atoms with van der Waals surface area (Å²) in [5, 5.41) is 21.0. The summed E-state index contributed by atoms with van der Waals surface area (Å²) in [5.74, 6) is -1.07. The first-order valence-corrected chi connectivity index (χ1v) is 6.77. The zero-order chi connectivity index (χ0) is 15.0. The van der Waals surface area contributed by atoms with Crippen LogP contribution in [0.3, 0.4) is 0 Å². The molecule has 110 valence electrons. The molecule has 0 aliphatic heterocycles. The second kappa shape index (κ2) is 8.19. The van der Waals surface area contributed by atoms with Crippen LogP contribution in [0.1, 0.15) is 31.7 Å². The van der Waals surface area contributed by atoms with E-state index in [0.717, 1.165) is 5.56 Å². The van der Waals surface area contributed by atoms with Gasteiger partial charge in [-0.05, 0) is 30.9 Å². The number of hydrogen-bond acceptors (Lipinski definition) is 3. The number of carbonyl (C=O) groups is 2. The SMILES string of the molecule is CC(CCCNC(=O)CCc1ccccc1O)C(=O)O. The second-order valence-corrected chi connectivity index (χ2v) is 4.86. The minimum atomic E-state index is -0.809. The molecule has 0 saturated heterocycles. The van der Waals surface area contributed by atoms with Gasteiger partial charge in [-0.1, -0.05) is 25.1 Å². The molecule has 0 heterocycles. The smallest absolute Gasteiger partial charge is 0.306 e. The third-order valence-corrected chi connectivity index (χ3v) is 3.17. The van der Waals surface area contributed by atoms with E-state index in [1.165, 1.54) is 0 Å². The number of phenols is 1. The number of hydrogen-bond donors (Lipinski definition) is 3. The maximum absolute atomic E-state index is 11.6. The van der Waals surface area contributed by atoms with Gasteiger partial charge in [0.05, 0.1) is 5.92 Å². The molecule has 1 rings (SSSR count). The van der Waals surface area contributed by atoms with Gasteiger partial charge < -0.3 is 15.5 Å². The van der Waals surface area contributed by atoms with Gasteiger partial charge in [-0.25, -0.2) is 0 Å². The molecule has 3 N–H and O–H groups in total. The first kappa shape index (κ1) is 16.0. The van der Waals surface area contributed by atoms with Crippen molar-refractivity contribution in [3.8, 4) is 5.75 Å². The van der Waals surface area contributed by atoms with E-state index in [9.17, 15) is 14.7 Å². The van der Waals surface area contributed by atoms with Gasteiger partial charge in [0.25, 0.3) is 0 Å². The van der Waals surface area contributed by atoms with Gasteiger partial charge in [0.1, 0.15) is 5.75 Å². The largest absolute Gasteiger partial charge is 0.508 e. The number of benzene rings is 1. The fourth-order valence-electron chi connectivity index (χ4n) is 1.82. The topological polar surface area (TPSA) is 86.6 Å². The van der Waals surface area contributed by atoms with Crippen LogP contribution in [0.25, 0.3) is 0 Å². The Morgan fingerprint density at radius 2 is 2.00 bits per heavy atom. The third kappa shape index (κ3) is 5.73. The molecule has 1 unspecified atom stereocenters. The van der Waals surface area contributed by atoms with E-state index in [0.29, 0.717) is 32.2 Å². The number of aryl methyl sites for hydroxylation is 1. The van der Waals surface area contributed by atoms with Crippen molar-refractivity contribution in [3.63, 3.8) is 0 Å². The Morgan fingerprint density at radius 3 is 2.65 bits per heavy atom. The van der Waals surface area contributed by atoms with E-state index in [1.54, 1.807) is 25.1 Å². The molecule has 0 radical (unpaired) electrons. The molecule has 5 heteroatoms. The lowest BCUT2D eigenvalue weighted by atomic mass is 10.1. The van der Waals surface area contributed by atoms with Crippen LogP contribution in [0.5, 0.6) is 5.75 Å². The van der Waals surface area contributed by atoms with Gasteiger partial charge in [-0.3, -0.25) is 9.59 Å². The zero-order valence-corrected chi connectivity index (χ0v) is 11.6. The number of phenolic OH excluding ortho intramolecular Hbond substituents is 1. The number of carboxylic acid groups (broad SMARTS) is 1. The molecule has 0 fully saturated rings. The van der Waals surface area contributed by atoms with Crippen LogP contribution >= 0.6 is 0 Å². The summed E-state index contributed by atoms with van der Waals surface area (Å²) in [6, 6.07) is 6.94. The van der Waals surface area contributed by atoms with E-state index >= 15 is 0 Å². The number of para-hydroxylation sites is 1. The molecule has 0 bridgehead atoms. The molecule has 5 nitrogen and oxygen atoms in total. The van der Waals surface area contributed by atoms with Crippen molar-refractivity contribution in [2.75, 3.05) is 6.54 Å². The number of rotatable bonds is 8. The molecule has 0 saturated carbocycles. The highest BCUT2D eigenvalue weighted by atomic mass is 16.4. The van der Waals surface area contributed by atoms with Crippen molar-refractivity contribution < 1.29 is 19.8 Å². The van der Waals surface area contributed by atoms with Gasteiger partial charge in [-0.2, -0.15) is 0 Å². The lowest BCUT2D eigenvalue weighted by Crippen LogP contribution is -2.25. The Balaban J connectivity index is 2.18. The first-order chi connectivity index (χ1) is 9.50. The summed E-state index contributed by atoms with van der Waals surface area (Å²) in [7, 11) is 0. The Bertz CT molecular complexity index is 459. The molecule has 0 spiro atoms. The standard InChI is InChI=1S/C15H21NO4/c1-11(15(19)20)5-4-10-16-14(18)9-8-12-6-2-3-7-13(12)17/h2-3,6-7,11,17H,4-5,8-10H2,1H3,(H,16,18)(H,19,20). The summed E-state index contributed by atoms with van der Waals surface area (Å²) in [5.41, 5.74) is 0.752. The molecule has 1 amide bonds. The predicted molar refractivity (Wildman–Crippen MR) is 75.5 cm³/mol. The molecular weight excluding hydrogens is 258 g/mol. The van der Waals surface area contributed by atoms with E-state index in [4.69, 9.17) is 5.11 Å². The fraction of sp³-hybridized carbons (Fsp3) is 0.467. The Kier molecular flexibility index (Phi) is 6.56. The van der Waals surface area contributed by atoms with Crippen molar-refractivity contribution in [3.05, 3.63) is 29.8 Å². The van der Waals surface area contributed by atoms with Gasteiger partial charge >= 0.3 is 5.97 Å². The van der Waals surface area contributed by atoms with Crippen LogP contribution in [0.15, 0.2) is 24.3 Å². The maximum Gasteiger partial charge on any atom is 0.306 e. The molecule has 0 aromatic heterocycles. The average Bonchev–Trinajstić information content (AvgIpc) is 2.42. The van der Waals surface area contributed by atoms with Crippen molar-refractivity contribution in [1.29, 1.82) is 0 Å². The highest BCUT2D eigenvalue weighted by Gasteiger charge is 2.10. The van der Waals surface area contributed by atoms with Crippen LogP contribution in [-0.4, -0.2) is 28.6 Å². The quantitative estimate of drug-likeness (QED) is 0.635. The normalized spacial score (nSPS) is 11.8. The highest BCUT2D eigenvalue weighted by Crippen LogP contribution is 2.17. The lowest BCUT2D eigenvalue weighted by Gasteiger charge is -2.08. The first-order valence-electron chi connectivity index (χ1n) is 6.77. The van der Waals surface area contributed by atoms with Crippen molar-refractivity contribution in [2.45, 2.75) is 32.6 Å². The third-order valence-electron chi connectivity index (χ3n) is 3.17. The molecule has 1 aromatic rings. The van der Waals surface area contributed by atoms with Gasteiger partial charge in [-0.15, -0.1) is 0 Å². The van der Waals surface area contributed by atoms with Gasteiger partial charge in [0, 0.05) is 13.0 Å². The number of aliphatic carboxylic acids is 1. The van der Waals surface area contributed by atoms with Gasteiger partial charge in [0.2, 0.25) is 5.91 Å². The minimum Gasteiger partial charge on any atom is -0.508 e. The van der Waals surface area contributed by atoms with Crippen LogP contribution in [0.4, 0.5) is 0 Å². The molecule has 20 heavy (non-hydrogen) atoms. The van der Waals surface area contributed by atoms with Crippen LogP contribution in [0.2, 0.25) is 0 Å². The fourth-order valence-corrected chi connectivity index (χ4v) is 1.82. The van der Waals surface area contributed by atoms with E-state index in [2.05, 4.69) is 5.32 Å². The summed E-state index contributed by atoms with van der Waals surface area (Å²) >= 11 is 0. The molecule has 0 aliphatic rings. The Morgan fingerprint density at radius 1 is 1.30 bits per heavy atom. The summed E-state index contributed by atoms with van der Waals surface area (Å²) < 4.78 is 0. The van der Waals surface area contributed by atoms with Crippen LogP contribution in [-0.2, 0) is 16.0 Å². The lowest BCUT2D eigenvalue weighted by molar-refractivity contribution is -0.141. The van der Waals surface area contributed by atoms with Crippen LogP contribution < -0.4 is 5.32 Å². The van der Waals surface area contributed by atoms with Crippen molar-refractivity contribution in [1.82, 2.24) is 5.32 Å². The summed E-state index contributed by atoms with van der Waals surface area (Å²) in [6.45, 7) is 2.14. The number of carbonyl (C=O) groups excluding carboxylic acids is 1.